The fourth-order valence-electron chi connectivity index (χ4n) is 0.759. The summed E-state index contributed by atoms with van der Waals surface area (Å²) in [5.41, 5.74) is 4.33. The number of nitrogen functional groups attached to an aromatic ring is 1. The van der Waals surface area contributed by atoms with Crippen molar-refractivity contribution in [1.29, 1.82) is 0 Å². The smallest absolute Gasteiger partial charge is 0.295 e. The maximum Gasteiger partial charge on any atom is 0.295 e. The first kappa shape index (κ1) is 8.87. The third kappa shape index (κ3) is 1.36. The lowest BCUT2D eigenvalue weighted by Gasteiger charge is -2.00. The highest BCUT2D eigenvalue weighted by Crippen LogP contribution is 2.22. The summed E-state index contributed by atoms with van der Waals surface area (Å²) in [5.74, 6) is -0.755. The molecule has 1 rings (SSSR count). The van der Waals surface area contributed by atoms with Crippen molar-refractivity contribution in [2.45, 2.75) is 0 Å². The van der Waals surface area contributed by atoms with Gasteiger partial charge in [-0.1, -0.05) is 0 Å². The lowest BCUT2D eigenvalue weighted by atomic mass is 10.2. The molecule has 0 aliphatic heterocycles. The molecule has 12 heavy (non-hydrogen) atoms. The summed E-state index contributed by atoms with van der Waals surface area (Å²) in [7, 11) is 2.10. The molecule has 0 radical (unpaired) electrons. The zero-order valence-corrected chi connectivity index (χ0v) is 7.11. The Morgan fingerprint density at radius 1 is 1.58 bits per heavy atom. The Bertz CT molecular complexity index is 343. The molecule has 0 saturated carbocycles. The average Bonchev–Trinajstić information content (AvgIpc) is 2.00. The molecular formula is C6H6FN2O2P. The third-order valence-corrected chi connectivity index (χ3v) is 1.83. The Hall–Kier alpha value is -1.22. The molecule has 1 unspecified atom stereocenters. The van der Waals surface area contributed by atoms with Crippen LogP contribution in [0.15, 0.2) is 12.1 Å². The van der Waals surface area contributed by atoms with Crippen molar-refractivity contribution < 1.29 is 9.31 Å². The molecule has 0 fully saturated rings. The van der Waals surface area contributed by atoms with Crippen molar-refractivity contribution in [3.8, 4) is 0 Å². The number of hydrogen-bond donors (Lipinski definition) is 1. The highest BCUT2D eigenvalue weighted by Gasteiger charge is 2.16. The molecule has 0 aliphatic rings. The molecule has 0 saturated heterocycles. The van der Waals surface area contributed by atoms with E-state index in [1.54, 1.807) is 0 Å². The molecule has 0 aromatic heterocycles. The predicted molar refractivity (Wildman–Crippen MR) is 46.8 cm³/mol. The van der Waals surface area contributed by atoms with Crippen LogP contribution < -0.4 is 11.0 Å². The van der Waals surface area contributed by atoms with Gasteiger partial charge in [-0.3, -0.25) is 10.1 Å². The summed E-state index contributed by atoms with van der Waals surface area (Å²) >= 11 is 0. The molecule has 1 aromatic carbocycles. The van der Waals surface area contributed by atoms with Crippen LogP contribution in [0.4, 0.5) is 15.8 Å². The van der Waals surface area contributed by atoms with Crippen LogP contribution in [0.1, 0.15) is 0 Å². The van der Waals surface area contributed by atoms with Crippen LogP contribution in [0.25, 0.3) is 0 Å². The van der Waals surface area contributed by atoms with Gasteiger partial charge in [0, 0.05) is 11.4 Å². The van der Waals surface area contributed by atoms with Crippen LogP contribution in [0.5, 0.6) is 0 Å². The van der Waals surface area contributed by atoms with Crippen LogP contribution in [-0.4, -0.2) is 4.92 Å². The van der Waals surface area contributed by atoms with E-state index in [4.69, 9.17) is 5.73 Å². The Kier molecular flexibility index (Phi) is 2.24. The lowest BCUT2D eigenvalue weighted by Crippen LogP contribution is -2.06. The van der Waals surface area contributed by atoms with Gasteiger partial charge >= 0.3 is 0 Å². The highest BCUT2D eigenvalue weighted by molar-refractivity contribution is 7.27. The number of anilines is 1. The molecule has 0 bridgehead atoms. The van der Waals surface area contributed by atoms with Gasteiger partial charge in [-0.2, -0.15) is 0 Å². The number of rotatable bonds is 1. The van der Waals surface area contributed by atoms with E-state index in [2.05, 4.69) is 9.24 Å². The zero-order valence-electron chi connectivity index (χ0n) is 5.95. The van der Waals surface area contributed by atoms with Gasteiger partial charge in [0.1, 0.15) is 5.69 Å². The summed E-state index contributed by atoms with van der Waals surface area (Å²) in [6, 6.07) is 2.45. The van der Waals surface area contributed by atoms with Crippen LogP contribution >= 0.6 is 9.24 Å². The average molecular weight is 188 g/mol. The van der Waals surface area contributed by atoms with Gasteiger partial charge in [0.05, 0.1) is 4.92 Å². The molecule has 0 heterocycles. The molecule has 1 aromatic rings. The topological polar surface area (TPSA) is 69.2 Å². The van der Waals surface area contributed by atoms with Crippen LogP contribution in [-0.2, 0) is 0 Å². The quantitative estimate of drug-likeness (QED) is 0.307. The summed E-state index contributed by atoms with van der Waals surface area (Å²) in [4.78, 5) is 9.52. The minimum Gasteiger partial charge on any atom is -0.391 e. The number of hydrogen-bond acceptors (Lipinski definition) is 3. The number of nitro groups is 1. The predicted octanol–water partition coefficient (Wildman–Crippen LogP) is 0.816. The summed E-state index contributed by atoms with van der Waals surface area (Å²) in [5, 5.41) is 10.5. The second kappa shape index (κ2) is 3.03. The Labute approximate surface area is 69.9 Å². The molecule has 2 N–H and O–H groups in total. The van der Waals surface area contributed by atoms with Gasteiger partial charge in [0.25, 0.3) is 5.69 Å². The fraction of sp³-hybridized carbons (Fsp3) is 0. The molecule has 4 nitrogen and oxygen atoms in total. The molecule has 1 atom stereocenters. The second-order valence-corrected chi connectivity index (χ2v) is 2.78. The highest BCUT2D eigenvalue weighted by atomic mass is 31.0. The van der Waals surface area contributed by atoms with Gasteiger partial charge in [0.15, 0.2) is 5.82 Å². The molecule has 0 amide bonds. The lowest BCUT2D eigenvalue weighted by molar-refractivity contribution is -0.384. The Morgan fingerprint density at radius 2 is 2.17 bits per heavy atom. The van der Waals surface area contributed by atoms with E-state index in [9.17, 15) is 14.5 Å². The maximum absolute atomic E-state index is 12.9. The number of nitrogens with two attached hydrogens (primary N) is 1. The fourth-order valence-corrected chi connectivity index (χ4v) is 1.01. The van der Waals surface area contributed by atoms with E-state index in [0.717, 1.165) is 0 Å². The van der Waals surface area contributed by atoms with Crippen LogP contribution in [0.3, 0.4) is 0 Å². The normalized spacial score (nSPS) is 9.83. The van der Waals surface area contributed by atoms with Crippen molar-refractivity contribution in [2.24, 2.45) is 0 Å². The van der Waals surface area contributed by atoms with Crippen LogP contribution in [0.2, 0.25) is 0 Å². The van der Waals surface area contributed by atoms with E-state index in [1.807, 2.05) is 0 Å². The SMILES string of the molecule is Nc1c([N+](=O)[O-])ccc(P)c1F. The monoisotopic (exact) mass is 188 g/mol. The van der Waals surface area contributed by atoms with E-state index in [-0.39, 0.29) is 5.30 Å². The van der Waals surface area contributed by atoms with E-state index in [0.29, 0.717) is 0 Å². The van der Waals surface area contributed by atoms with Crippen molar-refractivity contribution in [3.63, 3.8) is 0 Å². The van der Waals surface area contributed by atoms with E-state index >= 15 is 0 Å². The Balaban J connectivity index is 3.36. The van der Waals surface area contributed by atoms with Crippen LogP contribution in [0, 0.1) is 15.9 Å². The first-order valence-electron chi connectivity index (χ1n) is 3.02. The van der Waals surface area contributed by atoms with Crippen molar-refractivity contribution in [1.82, 2.24) is 0 Å². The minimum absolute atomic E-state index is 0.220. The van der Waals surface area contributed by atoms with Gasteiger partial charge in [-0.15, -0.1) is 9.24 Å². The van der Waals surface area contributed by atoms with Gasteiger partial charge in [-0.05, 0) is 6.07 Å². The summed E-state index contributed by atoms with van der Waals surface area (Å²) < 4.78 is 12.9. The third-order valence-electron chi connectivity index (χ3n) is 1.38. The first-order chi connectivity index (χ1) is 5.54. The number of benzene rings is 1. The van der Waals surface area contributed by atoms with Gasteiger partial charge in [-0.25, -0.2) is 4.39 Å². The standard InChI is InChI=1S/C6H6FN2O2P/c7-5-4(12)2-1-3(6(5)8)9(10)11/h1-2H,8,12H2. The summed E-state index contributed by atoms with van der Waals surface area (Å²) in [6.07, 6.45) is 0. The summed E-state index contributed by atoms with van der Waals surface area (Å²) in [6.45, 7) is 0. The number of nitrogens with zero attached hydrogens (tertiary/aromatic N) is 1. The molecule has 64 valence electrons. The van der Waals surface area contributed by atoms with E-state index < -0.39 is 22.1 Å². The number of nitro benzene ring substituents is 1. The molecule has 6 heteroatoms. The maximum atomic E-state index is 12.9. The van der Waals surface area contributed by atoms with Gasteiger partial charge < -0.3 is 5.73 Å². The van der Waals surface area contributed by atoms with E-state index in [1.165, 1.54) is 12.1 Å². The van der Waals surface area contributed by atoms with Crippen molar-refractivity contribution >= 4 is 25.9 Å². The molecule has 0 spiro atoms. The minimum atomic E-state index is -0.755. The number of halogens is 1. The van der Waals surface area contributed by atoms with Crippen molar-refractivity contribution in [3.05, 3.63) is 28.1 Å². The van der Waals surface area contributed by atoms with Crippen molar-refractivity contribution in [2.75, 3.05) is 5.73 Å². The first-order valence-corrected chi connectivity index (χ1v) is 3.59. The largest absolute Gasteiger partial charge is 0.391 e. The van der Waals surface area contributed by atoms with Gasteiger partial charge in [0.2, 0.25) is 0 Å². The second-order valence-electron chi connectivity index (χ2n) is 2.16. The Morgan fingerprint density at radius 3 is 2.67 bits per heavy atom. The molecule has 0 aliphatic carbocycles. The molecular weight excluding hydrogens is 182 g/mol. The zero-order chi connectivity index (χ0) is 9.30.